The van der Waals surface area contributed by atoms with Crippen molar-refractivity contribution < 1.29 is 18.8 Å². The maximum atomic E-state index is 13.9. The van der Waals surface area contributed by atoms with Crippen LogP contribution in [0.15, 0.2) is 89.5 Å². The molecule has 5 rings (SSSR count). The molecule has 8 nitrogen and oxygen atoms in total. The van der Waals surface area contributed by atoms with Gasteiger partial charge < -0.3 is 19.6 Å². The van der Waals surface area contributed by atoms with E-state index in [2.05, 4.69) is 10.6 Å². The van der Waals surface area contributed by atoms with Crippen LogP contribution in [-0.4, -0.2) is 27.8 Å². The summed E-state index contributed by atoms with van der Waals surface area (Å²) in [7, 11) is 0. The molecule has 0 unspecified atom stereocenters. The van der Waals surface area contributed by atoms with Crippen molar-refractivity contribution in [3.63, 3.8) is 0 Å². The van der Waals surface area contributed by atoms with Crippen molar-refractivity contribution >= 4 is 29.1 Å². The molecule has 0 saturated carbocycles. The van der Waals surface area contributed by atoms with E-state index < -0.39 is 5.54 Å². The molecule has 3 amide bonds. The number of carbonyl (C=O) groups excluding carboxylic acids is 3. The van der Waals surface area contributed by atoms with E-state index in [-0.39, 0.29) is 24.3 Å². The number of furan rings is 1. The Morgan fingerprint density at radius 3 is 2.33 bits per heavy atom. The van der Waals surface area contributed by atoms with Gasteiger partial charge >= 0.3 is 0 Å². The molecule has 1 atom stereocenters. The van der Waals surface area contributed by atoms with E-state index in [4.69, 9.17) is 4.42 Å². The Bertz CT molecular complexity index is 1410. The van der Waals surface area contributed by atoms with Gasteiger partial charge in [-0.2, -0.15) is 0 Å². The van der Waals surface area contributed by atoms with Crippen molar-refractivity contribution in [2.45, 2.75) is 32.5 Å². The van der Waals surface area contributed by atoms with Gasteiger partial charge in [0.1, 0.15) is 17.0 Å². The Labute approximate surface area is 208 Å². The first kappa shape index (κ1) is 23.2. The van der Waals surface area contributed by atoms with Crippen molar-refractivity contribution in [3.8, 4) is 11.5 Å². The van der Waals surface area contributed by atoms with Gasteiger partial charge in [-0.3, -0.25) is 19.3 Å². The van der Waals surface area contributed by atoms with Crippen LogP contribution < -0.4 is 15.5 Å². The van der Waals surface area contributed by atoms with Gasteiger partial charge in [0.25, 0.3) is 5.91 Å². The quantitative estimate of drug-likeness (QED) is 0.425. The Morgan fingerprint density at radius 2 is 1.67 bits per heavy atom. The van der Waals surface area contributed by atoms with Crippen molar-refractivity contribution in [1.82, 2.24) is 9.88 Å². The molecule has 36 heavy (non-hydrogen) atoms. The highest BCUT2D eigenvalue weighted by atomic mass is 16.3. The predicted molar refractivity (Wildman–Crippen MR) is 136 cm³/mol. The topological polar surface area (TPSA) is 96.6 Å². The number of aromatic nitrogens is 1. The van der Waals surface area contributed by atoms with Gasteiger partial charge in [0, 0.05) is 24.8 Å². The highest BCUT2D eigenvalue weighted by molar-refractivity contribution is 6.12. The minimum atomic E-state index is -1.24. The van der Waals surface area contributed by atoms with Crippen molar-refractivity contribution in [3.05, 3.63) is 96.4 Å². The highest BCUT2D eigenvalue weighted by Crippen LogP contribution is 2.37. The minimum Gasteiger partial charge on any atom is -0.463 e. The third-order valence-electron chi connectivity index (χ3n) is 6.37. The van der Waals surface area contributed by atoms with Gasteiger partial charge in [-0.15, -0.1) is 0 Å². The summed E-state index contributed by atoms with van der Waals surface area (Å²) >= 11 is 0. The number of carbonyl (C=O) groups is 3. The van der Waals surface area contributed by atoms with E-state index in [0.717, 1.165) is 11.3 Å². The van der Waals surface area contributed by atoms with E-state index in [1.54, 1.807) is 49.6 Å². The smallest absolute Gasteiger partial charge is 0.275 e. The molecular formula is C28H26N4O4. The molecule has 1 aliphatic heterocycles. The molecule has 2 aromatic carbocycles. The molecule has 0 aliphatic carbocycles. The van der Waals surface area contributed by atoms with Gasteiger partial charge in [0.05, 0.1) is 18.5 Å². The second-order valence-corrected chi connectivity index (χ2v) is 8.98. The van der Waals surface area contributed by atoms with Gasteiger partial charge in [-0.1, -0.05) is 30.3 Å². The standard InChI is InChI=1S/C28H26N4O4/c1-19(33)30-21-10-12-22(13-11-21)32-26(34)24-15-14-23(25-9-6-16-36-25)31(24)18-28(32,2)27(35)29-17-20-7-4-3-5-8-20/h3-16H,17-18H2,1-2H3,(H,29,35)(H,30,33)/t28-/m0/s1. The number of fused-ring (bicyclic) bond motifs is 1. The second-order valence-electron chi connectivity index (χ2n) is 8.98. The molecule has 0 bridgehead atoms. The highest BCUT2D eigenvalue weighted by Gasteiger charge is 2.48. The molecule has 4 aromatic rings. The lowest BCUT2D eigenvalue weighted by atomic mass is 9.93. The summed E-state index contributed by atoms with van der Waals surface area (Å²) in [6, 6.07) is 23.7. The number of nitrogens with zero attached hydrogens (tertiary/aromatic N) is 2. The van der Waals surface area contributed by atoms with Crippen LogP contribution in [0.25, 0.3) is 11.5 Å². The van der Waals surface area contributed by atoms with Gasteiger partial charge in [0.15, 0.2) is 0 Å². The van der Waals surface area contributed by atoms with Crippen LogP contribution in [0.4, 0.5) is 11.4 Å². The maximum Gasteiger partial charge on any atom is 0.275 e. The maximum absolute atomic E-state index is 13.9. The molecule has 0 saturated heterocycles. The normalized spacial score (nSPS) is 16.9. The number of hydrogen-bond acceptors (Lipinski definition) is 4. The van der Waals surface area contributed by atoms with Crippen molar-refractivity contribution in [1.29, 1.82) is 0 Å². The molecular weight excluding hydrogens is 456 g/mol. The fourth-order valence-electron chi connectivity index (χ4n) is 4.62. The summed E-state index contributed by atoms with van der Waals surface area (Å²) in [6.07, 6.45) is 1.58. The van der Waals surface area contributed by atoms with Crippen LogP contribution in [0.5, 0.6) is 0 Å². The monoisotopic (exact) mass is 482 g/mol. The predicted octanol–water partition coefficient (Wildman–Crippen LogP) is 4.44. The number of rotatable bonds is 6. The summed E-state index contributed by atoms with van der Waals surface area (Å²) in [4.78, 5) is 40.6. The lowest BCUT2D eigenvalue weighted by molar-refractivity contribution is -0.126. The average molecular weight is 483 g/mol. The zero-order chi connectivity index (χ0) is 25.3. The van der Waals surface area contributed by atoms with Gasteiger partial charge in [-0.25, -0.2) is 0 Å². The van der Waals surface area contributed by atoms with Crippen LogP contribution in [-0.2, 0) is 22.7 Å². The summed E-state index contributed by atoms with van der Waals surface area (Å²) in [5, 5.41) is 5.74. The van der Waals surface area contributed by atoms with Crippen molar-refractivity contribution in [2.24, 2.45) is 0 Å². The number of anilines is 2. The fraction of sp³-hybridized carbons (Fsp3) is 0.179. The lowest BCUT2D eigenvalue weighted by Crippen LogP contribution is -2.64. The first-order valence-electron chi connectivity index (χ1n) is 11.6. The first-order chi connectivity index (χ1) is 17.4. The zero-order valence-corrected chi connectivity index (χ0v) is 20.0. The molecule has 3 heterocycles. The Kier molecular flexibility index (Phi) is 5.93. The molecule has 182 valence electrons. The molecule has 2 N–H and O–H groups in total. The summed E-state index contributed by atoms with van der Waals surface area (Å²) < 4.78 is 7.43. The molecule has 2 aromatic heterocycles. The molecule has 1 aliphatic rings. The lowest BCUT2D eigenvalue weighted by Gasteiger charge is -2.44. The Morgan fingerprint density at radius 1 is 0.944 bits per heavy atom. The van der Waals surface area contributed by atoms with E-state index in [1.165, 1.54) is 11.8 Å². The largest absolute Gasteiger partial charge is 0.463 e. The minimum absolute atomic E-state index is 0.190. The molecule has 0 radical (unpaired) electrons. The summed E-state index contributed by atoms with van der Waals surface area (Å²) in [5.41, 5.74) is 2.06. The van der Waals surface area contributed by atoms with Gasteiger partial charge in [0.2, 0.25) is 11.8 Å². The average Bonchev–Trinajstić information content (AvgIpc) is 3.54. The van der Waals surface area contributed by atoms with Crippen LogP contribution in [0.3, 0.4) is 0 Å². The van der Waals surface area contributed by atoms with Crippen molar-refractivity contribution in [2.75, 3.05) is 10.2 Å². The zero-order valence-electron chi connectivity index (χ0n) is 20.0. The summed E-state index contributed by atoms with van der Waals surface area (Å²) in [6.45, 7) is 3.76. The van der Waals surface area contributed by atoms with Crippen LogP contribution in [0.2, 0.25) is 0 Å². The molecule has 8 heteroatoms. The number of amides is 3. The number of hydrogen-bond donors (Lipinski definition) is 2. The van der Waals surface area contributed by atoms with Crippen LogP contribution >= 0.6 is 0 Å². The van der Waals surface area contributed by atoms with Crippen LogP contribution in [0, 0.1) is 0 Å². The number of benzene rings is 2. The van der Waals surface area contributed by atoms with E-state index in [9.17, 15) is 14.4 Å². The van der Waals surface area contributed by atoms with E-state index in [1.807, 2.05) is 47.0 Å². The SMILES string of the molecule is CC(=O)Nc1ccc(N2C(=O)c3ccc(-c4ccco4)n3C[C@@]2(C)C(=O)NCc2ccccc2)cc1. The fourth-order valence-corrected chi connectivity index (χ4v) is 4.62. The van der Waals surface area contributed by atoms with E-state index >= 15 is 0 Å². The third-order valence-corrected chi connectivity index (χ3v) is 6.37. The Hall–Kier alpha value is -4.59. The second kappa shape index (κ2) is 9.22. The number of nitrogens with one attached hydrogen (secondary N) is 2. The molecule has 0 spiro atoms. The van der Waals surface area contributed by atoms with E-state index in [0.29, 0.717) is 29.4 Å². The first-order valence-corrected chi connectivity index (χ1v) is 11.6. The Balaban J connectivity index is 1.54. The van der Waals surface area contributed by atoms with Crippen LogP contribution in [0.1, 0.15) is 29.9 Å². The third kappa shape index (κ3) is 4.17. The van der Waals surface area contributed by atoms with Gasteiger partial charge in [-0.05, 0) is 61.0 Å². The summed E-state index contributed by atoms with van der Waals surface area (Å²) in [5.74, 6) is -0.154. The molecule has 0 fully saturated rings.